The molecule has 12 heteroatoms. The number of aliphatic hydroxyl groups excluding tert-OH is 1. The number of rotatable bonds is 15. The molecule has 3 rings (SSSR count). The summed E-state index contributed by atoms with van der Waals surface area (Å²) in [4.78, 5) is 23.9. The molecule has 0 saturated heterocycles. The third-order valence-corrected chi connectivity index (χ3v) is 5.52. The number of carbonyl (C=O) groups is 2. The van der Waals surface area contributed by atoms with Gasteiger partial charge >= 0.3 is 5.97 Å². The Labute approximate surface area is 229 Å². The van der Waals surface area contributed by atoms with E-state index in [-0.39, 0.29) is 32.2 Å². The minimum absolute atomic E-state index is 0.0380. The number of benzene rings is 2. The van der Waals surface area contributed by atoms with Crippen LogP contribution in [0.4, 0.5) is 8.78 Å². The predicted molar refractivity (Wildman–Crippen MR) is 140 cm³/mol. The molecular formula is C28H30F2N4O6. The average Bonchev–Trinajstić information content (AvgIpc) is 3.38. The Morgan fingerprint density at radius 1 is 1.02 bits per heavy atom. The highest BCUT2D eigenvalue weighted by atomic mass is 19.1. The fraction of sp³-hybridized carbons (Fsp3) is 0.321. The highest BCUT2D eigenvalue weighted by molar-refractivity contribution is 6.01. The molecule has 0 saturated carbocycles. The lowest BCUT2D eigenvalue weighted by Gasteiger charge is -2.15. The quantitative estimate of drug-likeness (QED) is 0.130. The number of tetrazole rings is 1. The summed E-state index contributed by atoms with van der Waals surface area (Å²) >= 11 is 0. The van der Waals surface area contributed by atoms with E-state index < -0.39 is 35.9 Å². The van der Waals surface area contributed by atoms with E-state index in [0.717, 1.165) is 0 Å². The van der Waals surface area contributed by atoms with Gasteiger partial charge in [0.05, 0.1) is 25.9 Å². The van der Waals surface area contributed by atoms with E-state index in [2.05, 4.69) is 15.5 Å². The van der Waals surface area contributed by atoms with Crippen LogP contribution in [0, 0.1) is 11.6 Å². The normalized spacial score (nSPS) is 11.9. The molecule has 2 aromatic carbocycles. The van der Waals surface area contributed by atoms with E-state index in [4.69, 9.17) is 14.2 Å². The van der Waals surface area contributed by atoms with Crippen molar-refractivity contribution < 1.29 is 37.7 Å². The zero-order valence-corrected chi connectivity index (χ0v) is 22.1. The largest absolute Gasteiger partial charge is 0.466 e. The van der Waals surface area contributed by atoms with Crippen molar-refractivity contribution in [1.82, 2.24) is 20.2 Å². The smallest absolute Gasteiger partial charge is 0.313 e. The molecule has 1 atom stereocenters. The highest BCUT2D eigenvalue weighted by Gasteiger charge is 2.20. The summed E-state index contributed by atoms with van der Waals surface area (Å²) in [5, 5.41) is 22.5. The Balaban J connectivity index is 2.08. The zero-order valence-electron chi connectivity index (χ0n) is 22.1. The molecule has 0 fully saturated rings. The molecular weight excluding hydrogens is 526 g/mol. The van der Waals surface area contributed by atoms with Crippen molar-refractivity contribution in [2.75, 3.05) is 26.9 Å². The maximum absolute atomic E-state index is 13.8. The summed E-state index contributed by atoms with van der Waals surface area (Å²) in [6, 6.07) is 11.3. The third kappa shape index (κ3) is 8.97. The zero-order chi connectivity index (χ0) is 28.9. The number of carbonyl (C=O) groups excluding carboxylic acids is 2. The highest BCUT2D eigenvalue weighted by Crippen LogP contribution is 2.33. The molecule has 0 aliphatic rings. The van der Waals surface area contributed by atoms with Gasteiger partial charge in [-0.15, -0.1) is 5.10 Å². The van der Waals surface area contributed by atoms with E-state index in [1.807, 2.05) is 0 Å². The number of allylic oxidation sites excluding steroid dienone is 2. The number of Topliss-reactive ketones (excluding diaryl/α,β-unsaturated/α-hetero) is 1. The van der Waals surface area contributed by atoms with Crippen molar-refractivity contribution in [3.05, 3.63) is 89.3 Å². The average molecular weight is 557 g/mol. The van der Waals surface area contributed by atoms with Gasteiger partial charge in [-0.25, -0.2) is 8.78 Å². The molecule has 0 aliphatic carbocycles. The third-order valence-electron chi connectivity index (χ3n) is 5.52. The molecule has 3 aromatic rings. The van der Waals surface area contributed by atoms with Crippen LogP contribution in [0.1, 0.15) is 36.7 Å². The first-order valence-electron chi connectivity index (χ1n) is 12.4. The lowest BCUT2D eigenvalue weighted by Crippen LogP contribution is -2.16. The second kappa shape index (κ2) is 15.5. The van der Waals surface area contributed by atoms with Gasteiger partial charge in [-0.2, -0.15) is 4.68 Å². The molecule has 1 N–H and O–H groups in total. The first-order valence-corrected chi connectivity index (χ1v) is 12.4. The molecule has 1 unspecified atom stereocenters. The van der Waals surface area contributed by atoms with Crippen LogP contribution in [0.5, 0.6) is 0 Å². The Kier molecular flexibility index (Phi) is 11.8. The number of ether oxygens (including phenoxy) is 3. The number of hydrogen-bond acceptors (Lipinski definition) is 9. The van der Waals surface area contributed by atoms with Gasteiger partial charge in [0.25, 0.3) is 0 Å². The van der Waals surface area contributed by atoms with Gasteiger partial charge in [0, 0.05) is 19.1 Å². The van der Waals surface area contributed by atoms with Gasteiger partial charge in [-0.05, 0) is 58.3 Å². The molecule has 0 spiro atoms. The molecule has 0 amide bonds. The number of nitrogens with zero attached hydrogens (tertiary/aromatic N) is 4. The second-order valence-corrected chi connectivity index (χ2v) is 8.49. The fourth-order valence-corrected chi connectivity index (χ4v) is 3.71. The minimum Gasteiger partial charge on any atom is -0.466 e. The number of ketones is 1. The summed E-state index contributed by atoms with van der Waals surface area (Å²) in [7, 11) is 1.54. The van der Waals surface area contributed by atoms with Crippen molar-refractivity contribution in [2.24, 2.45) is 0 Å². The summed E-state index contributed by atoms with van der Waals surface area (Å²) in [5.74, 6) is -1.86. The minimum atomic E-state index is -1.26. The number of aliphatic hydroxyl groups is 1. The number of esters is 1. The van der Waals surface area contributed by atoms with E-state index in [0.29, 0.717) is 28.9 Å². The van der Waals surface area contributed by atoms with E-state index >= 15 is 0 Å². The number of halogens is 2. The predicted octanol–water partition coefficient (Wildman–Crippen LogP) is 3.36. The Morgan fingerprint density at radius 2 is 1.65 bits per heavy atom. The van der Waals surface area contributed by atoms with Gasteiger partial charge in [0.2, 0.25) is 0 Å². The van der Waals surface area contributed by atoms with Crippen LogP contribution in [-0.4, -0.2) is 70.1 Å². The van der Waals surface area contributed by atoms with Gasteiger partial charge < -0.3 is 19.3 Å². The van der Waals surface area contributed by atoms with Crippen molar-refractivity contribution in [1.29, 1.82) is 0 Å². The Morgan fingerprint density at radius 3 is 2.23 bits per heavy atom. The van der Waals surface area contributed by atoms with Gasteiger partial charge in [0.15, 0.2) is 5.82 Å². The lowest BCUT2D eigenvalue weighted by molar-refractivity contribution is -0.145. The van der Waals surface area contributed by atoms with Crippen molar-refractivity contribution in [3.8, 4) is 0 Å². The van der Waals surface area contributed by atoms with Gasteiger partial charge in [-0.3, -0.25) is 9.59 Å². The monoisotopic (exact) mass is 556 g/mol. The summed E-state index contributed by atoms with van der Waals surface area (Å²) in [5.41, 5.74) is 1.97. The van der Waals surface area contributed by atoms with Crippen molar-refractivity contribution in [2.45, 2.75) is 32.6 Å². The van der Waals surface area contributed by atoms with Crippen LogP contribution >= 0.6 is 0 Å². The summed E-state index contributed by atoms with van der Waals surface area (Å²) in [6.07, 6.45) is 0.810. The molecule has 40 heavy (non-hydrogen) atoms. The molecule has 0 radical (unpaired) electrons. The fourth-order valence-electron chi connectivity index (χ4n) is 3.71. The SMILES string of the molecule is CCOC(=O)CC(=O)CC(O)/C=C/C(=C(c1ccc(F)cc1)c1ccc(F)cc1)c1nnnn1COCCOC. The van der Waals surface area contributed by atoms with E-state index in [9.17, 15) is 23.5 Å². The van der Waals surface area contributed by atoms with Crippen LogP contribution in [0.3, 0.4) is 0 Å². The van der Waals surface area contributed by atoms with E-state index in [1.165, 1.54) is 48.2 Å². The first kappa shape index (κ1) is 30.4. The first-order chi connectivity index (χ1) is 19.3. The molecule has 1 heterocycles. The van der Waals surface area contributed by atoms with E-state index in [1.54, 1.807) is 31.2 Å². The second-order valence-electron chi connectivity index (χ2n) is 8.49. The van der Waals surface area contributed by atoms with Crippen LogP contribution in [0.2, 0.25) is 0 Å². The number of hydrogen-bond donors (Lipinski definition) is 1. The molecule has 212 valence electrons. The van der Waals surface area contributed by atoms with Crippen LogP contribution < -0.4 is 0 Å². The summed E-state index contributed by atoms with van der Waals surface area (Å²) in [6.45, 7) is 2.35. The van der Waals surface area contributed by atoms with Crippen LogP contribution in [0.15, 0.2) is 60.7 Å². The van der Waals surface area contributed by atoms with Crippen LogP contribution in [0.25, 0.3) is 11.1 Å². The Hall–Kier alpha value is -4.13. The summed E-state index contributed by atoms with van der Waals surface area (Å²) < 4.78 is 44.4. The van der Waals surface area contributed by atoms with Crippen molar-refractivity contribution >= 4 is 22.9 Å². The molecule has 10 nitrogen and oxygen atoms in total. The van der Waals surface area contributed by atoms with Gasteiger partial charge in [-0.1, -0.05) is 36.4 Å². The lowest BCUT2D eigenvalue weighted by atomic mass is 9.91. The van der Waals surface area contributed by atoms with Gasteiger partial charge in [0.1, 0.15) is 30.6 Å². The van der Waals surface area contributed by atoms with Crippen LogP contribution in [-0.2, 0) is 30.5 Å². The topological polar surface area (TPSA) is 126 Å². The molecule has 1 aromatic heterocycles. The standard InChI is InChI=1S/C28H30F2N4O6/c1-3-40-26(37)17-24(36)16-23(35)12-13-25(28-31-32-33-34(28)18-39-15-14-38-2)27(19-4-8-21(29)9-5-19)20-6-10-22(30)11-7-20/h4-13,23,35H,3,14-18H2,1-2H3/b13-12+. The van der Waals surface area contributed by atoms with Crippen molar-refractivity contribution in [3.63, 3.8) is 0 Å². The number of methoxy groups -OCH3 is 1. The maximum atomic E-state index is 13.8. The maximum Gasteiger partial charge on any atom is 0.313 e. The molecule has 0 aliphatic heterocycles. The number of aromatic nitrogens is 4. The Bertz CT molecular complexity index is 1280. The molecule has 0 bridgehead atoms.